The number of methoxy groups -OCH3 is 1. The number of nitrogens with zero attached hydrogens (tertiary/aromatic N) is 1. The molecule has 0 N–H and O–H groups in total. The second-order valence-corrected chi connectivity index (χ2v) is 5.70. The zero-order valence-electron chi connectivity index (χ0n) is 13.4. The van der Waals surface area contributed by atoms with Gasteiger partial charge in [-0.05, 0) is 35.9 Å². The van der Waals surface area contributed by atoms with E-state index in [-0.39, 0.29) is 0 Å². The second-order valence-electron chi connectivity index (χ2n) is 5.70. The number of rotatable bonds is 3. The minimum absolute atomic E-state index is 0.918. The van der Waals surface area contributed by atoms with Gasteiger partial charge in [0.15, 0.2) is 0 Å². The monoisotopic (exact) mass is 301 g/mol. The van der Waals surface area contributed by atoms with E-state index >= 15 is 0 Å². The van der Waals surface area contributed by atoms with Crippen molar-refractivity contribution in [3.8, 4) is 17.0 Å². The van der Waals surface area contributed by atoms with E-state index in [1.807, 2.05) is 0 Å². The molecule has 3 aromatic carbocycles. The van der Waals surface area contributed by atoms with Gasteiger partial charge in [0, 0.05) is 23.0 Å². The SMILES string of the molecule is CCn1c(-c2c(OC)ccc3ccccc23)cc2ccccc21. The van der Waals surface area contributed by atoms with Crippen molar-refractivity contribution in [3.05, 3.63) is 66.7 Å². The van der Waals surface area contributed by atoms with E-state index in [0.717, 1.165) is 12.3 Å². The lowest BCUT2D eigenvalue weighted by Crippen LogP contribution is -1.99. The van der Waals surface area contributed by atoms with E-state index < -0.39 is 0 Å². The molecule has 0 atom stereocenters. The van der Waals surface area contributed by atoms with E-state index in [9.17, 15) is 0 Å². The maximum Gasteiger partial charge on any atom is 0.128 e. The normalized spacial score (nSPS) is 11.2. The largest absolute Gasteiger partial charge is 0.496 e. The van der Waals surface area contributed by atoms with Gasteiger partial charge in [-0.25, -0.2) is 0 Å². The third kappa shape index (κ3) is 2.10. The molecule has 0 unspecified atom stereocenters. The van der Waals surface area contributed by atoms with Gasteiger partial charge in [0.2, 0.25) is 0 Å². The van der Waals surface area contributed by atoms with Crippen LogP contribution in [-0.4, -0.2) is 11.7 Å². The summed E-state index contributed by atoms with van der Waals surface area (Å²) in [6, 6.07) is 23.5. The average Bonchev–Trinajstić information content (AvgIpc) is 2.98. The molecule has 1 aromatic heterocycles. The third-order valence-electron chi connectivity index (χ3n) is 4.49. The number of benzene rings is 3. The van der Waals surface area contributed by atoms with Gasteiger partial charge >= 0.3 is 0 Å². The lowest BCUT2D eigenvalue weighted by Gasteiger charge is -2.14. The molecule has 4 rings (SSSR count). The number of hydrogen-bond acceptors (Lipinski definition) is 1. The van der Waals surface area contributed by atoms with Crippen LogP contribution in [0.15, 0.2) is 66.7 Å². The van der Waals surface area contributed by atoms with Crippen molar-refractivity contribution in [2.45, 2.75) is 13.5 Å². The smallest absolute Gasteiger partial charge is 0.128 e. The Morgan fingerprint density at radius 3 is 2.39 bits per heavy atom. The van der Waals surface area contributed by atoms with Crippen molar-refractivity contribution in [3.63, 3.8) is 0 Å². The topological polar surface area (TPSA) is 14.2 Å². The van der Waals surface area contributed by atoms with Crippen LogP contribution in [0.1, 0.15) is 6.92 Å². The summed E-state index contributed by atoms with van der Waals surface area (Å²) in [5.41, 5.74) is 3.64. The molecule has 0 aliphatic heterocycles. The van der Waals surface area contributed by atoms with Gasteiger partial charge in [-0.15, -0.1) is 0 Å². The fraction of sp³-hybridized carbons (Fsp3) is 0.143. The first-order valence-corrected chi connectivity index (χ1v) is 7.98. The minimum Gasteiger partial charge on any atom is -0.496 e. The summed E-state index contributed by atoms with van der Waals surface area (Å²) < 4.78 is 8.05. The Balaban J connectivity index is 2.13. The zero-order valence-corrected chi connectivity index (χ0v) is 13.4. The average molecular weight is 301 g/mol. The molecule has 0 saturated carbocycles. The molecular formula is C21H19NO. The highest BCUT2D eigenvalue weighted by atomic mass is 16.5. The first-order valence-electron chi connectivity index (χ1n) is 7.98. The molecule has 0 fully saturated rings. The number of hydrogen-bond donors (Lipinski definition) is 0. The van der Waals surface area contributed by atoms with Gasteiger partial charge in [0.1, 0.15) is 5.75 Å². The highest BCUT2D eigenvalue weighted by molar-refractivity contribution is 6.01. The van der Waals surface area contributed by atoms with E-state index in [4.69, 9.17) is 4.74 Å². The predicted molar refractivity (Wildman–Crippen MR) is 97.1 cm³/mol. The maximum absolute atomic E-state index is 5.69. The summed E-state index contributed by atoms with van der Waals surface area (Å²) in [5.74, 6) is 0.918. The Hall–Kier alpha value is -2.74. The van der Waals surface area contributed by atoms with Crippen molar-refractivity contribution in [2.24, 2.45) is 0 Å². The highest BCUT2D eigenvalue weighted by Gasteiger charge is 2.16. The molecule has 2 nitrogen and oxygen atoms in total. The molecule has 0 spiro atoms. The van der Waals surface area contributed by atoms with Crippen molar-refractivity contribution >= 4 is 21.7 Å². The lowest BCUT2D eigenvalue weighted by atomic mass is 10.0. The summed E-state index contributed by atoms with van der Waals surface area (Å²) in [6.07, 6.45) is 0. The fourth-order valence-electron chi connectivity index (χ4n) is 3.44. The minimum atomic E-state index is 0.918. The van der Waals surface area contributed by atoms with Crippen molar-refractivity contribution in [1.29, 1.82) is 0 Å². The molecule has 0 radical (unpaired) electrons. The van der Waals surface area contributed by atoms with Gasteiger partial charge in [-0.3, -0.25) is 0 Å². The molecule has 4 aromatic rings. The first-order chi connectivity index (χ1) is 11.3. The van der Waals surface area contributed by atoms with Gasteiger partial charge in [0.05, 0.1) is 12.8 Å². The summed E-state index contributed by atoms with van der Waals surface area (Å²) in [5, 5.41) is 3.72. The molecule has 114 valence electrons. The molecule has 0 saturated heterocycles. The molecule has 23 heavy (non-hydrogen) atoms. The van der Waals surface area contributed by atoms with E-state index in [2.05, 4.69) is 78.2 Å². The van der Waals surface area contributed by atoms with Crippen LogP contribution in [0.2, 0.25) is 0 Å². The van der Waals surface area contributed by atoms with E-state index in [1.54, 1.807) is 7.11 Å². The van der Waals surface area contributed by atoms with Crippen LogP contribution < -0.4 is 4.74 Å². The summed E-state index contributed by atoms with van der Waals surface area (Å²) in [6.45, 7) is 3.11. The molecule has 0 aliphatic rings. The zero-order chi connectivity index (χ0) is 15.8. The maximum atomic E-state index is 5.69. The van der Waals surface area contributed by atoms with Gasteiger partial charge in [-0.1, -0.05) is 48.5 Å². The molecule has 0 aliphatic carbocycles. The van der Waals surface area contributed by atoms with E-state index in [1.165, 1.54) is 32.9 Å². The summed E-state index contributed by atoms with van der Waals surface area (Å²) in [7, 11) is 1.74. The lowest BCUT2D eigenvalue weighted by molar-refractivity contribution is 0.416. The van der Waals surface area contributed by atoms with Gasteiger partial charge < -0.3 is 9.30 Å². The Morgan fingerprint density at radius 1 is 0.870 bits per heavy atom. The van der Waals surface area contributed by atoms with Crippen LogP contribution in [-0.2, 0) is 6.54 Å². The Bertz CT molecular complexity index is 997. The first kappa shape index (κ1) is 13.9. The van der Waals surface area contributed by atoms with Crippen LogP contribution in [0.5, 0.6) is 5.75 Å². The summed E-state index contributed by atoms with van der Waals surface area (Å²) >= 11 is 0. The Kier molecular flexibility index (Phi) is 3.30. The predicted octanol–water partition coefficient (Wildman–Crippen LogP) is 5.49. The standard InChI is InChI=1S/C21H19NO/c1-3-22-18-11-7-5-9-16(18)14-19(22)21-17-10-6-4-8-15(17)12-13-20(21)23-2/h4-14H,3H2,1-2H3. The second kappa shape index (κ2) is 5.47. The van der Waals surface area contributed by atoms with Crippen LogP contribution >= 0.6 is 0 Å². The van der Waals surface area contributed by atoms with Crippen molar-refractivity contribution in [2.75, 3.05) is 7.11 Å². The van der Waals surface area contributed by atoms with Gasteiger partial charge in [-0.2, -0.15) is 0 Å². The fourth-order valence-corrected chi connectivity index (χ4v) is 3.44. The number of aryl methyl sites for hydroxylation is 1. The van der Waals surface area contributed by atoms with E-state index in [0.29, 0.717) is 0 Å². The number of aromatic nitrogens is 1. The van der Waals surface area contributed by atoms with Crippen LogP contribution in [0.4, 0.5) is 0 Å². The Labute approximate surface area is 135 Å². The number of ether oxygens (including phenoxy) is 1. The molecule has 0 bridgehead atoms. The van der Waals surface area contributed by atoms with Crippen LogP contribution in [0, 0.1) is 0 Å². The third-order valence-corrected chi connectivity index (χ3v) is 4.49. The summed E-state index contributed by atoms with van der Waals surface area (Å²) in [4.78, 5) is 0. The molecule has 2 heteroatoms. The van der Waals surface area contributed by atoms with Crippen molar-refractivity contribution < 1.29 is 4.74 Å². The highest BCUT2D eigenvalue weighted by Crippen LogP contribution is 2.39. The quantitative estimate of drug-likeness (QED) is 0.488. The number of para-hydroxylation sites is 1. The number of fused-ring (bicyclic) bond motifs is 2. The van der Waals surface area contributed by atoms with Crippen LogP contribution in [0.3, 0.4) is 0 Å². The molecular weight excluding hydrogens is 282 g/mol. The van der Waals surface area contributed by atoms with Crippen LogP contribution in [0.25, 0.3) is 32.9 Å². The van der Waals surface area contributed by atoms with Crippen molar-refractivity contribution in [1.82, 2.24) is 4.57 Å². The molecule has 1 heterocycles. The van der Waals surface area contributed by atoms with Gasteiger partial charge in [0.25, 0.3) is 0 Å². The Morgan fingerprint density at radius 2 is 1.61 bits per heavy atom. The molecule has 0 amide bonds.